The number of anilines is 1. The van der Waals surface area contributed by atoms with Crippen molar-refractivity contribution in [2.75, 3.05) is 44.2 Å². The Balaban J connectivity index is 1.51. The van der Waals surface area contributed by atoms with Crippen LogP contribution < -0.4 is 10.6 Å². The largest absolute Gasteiger partial charge is 0.369 e. The maximum atomic E-state index is 5.91. The Kier molecular flexibility index (Phi) is 4.81. The first-order valence-corrected chi connectivity index (χ1v) is 8.50. The van der Waals surface area contributed by atoms with Crippen LogP contribution in [0.3, 0.4) is 0 Å². The SMILES string of the molecule is Cc1cccc(N2CCN(CC3CCCC3CN)CC2)c1. The maximum absolute atomic E-state index is 5.91. The Morgan fingerprint density at radius 2 is 1.86 bits per heavy atom. The molecule has 0 aromatic heterocycles. The van der Waals surface area contributed by atoms with Crippen LogP contribution >= 0.6 is 0 Å². The molecule has 1 aromatic rings. The van der Waals surface area contributed by atoms with E-state index in [1.807, 2.05) is 0 Å². The highest BCUT2D eigenvalue weighted by atomic mass is 15.3. The van der Waals surface area contributed by atoms with E-state index in [2.05, 4.69) is 41.0 Å². The lowest BCUT2D eigenvalue weighted by Crippen LogP contribution is -2.48. The van der Waals surface area contributed by atoms with Gasteiger partial charge in [0.05, 0.1) is 0 Å². The van der Waals surface area contributed by atoms with Gasteiger partial charge in [-0.2, -0.15) is 0 Å². The van der Waals surface area contributed by atoms with Crippen molar-refractivity contribution in [3.63, 3.8) is 0 Å². The van der Waals surface area contributed by atoms with Crippen molar-refractivity contribution in [3.05, 3.63) is 29.8 Å². The van der Waals surface area contributed by atoms with E-state index in [-0.39, 0.29) is 0 Å². The van der Waals surface area contributed by atoms with Crippen molar-refractivity contribution in [2.45, 2.75) is 26.2 Å². The van der Waals surface area contributed by atoms with E-state index in [0.717, 1.165) is 31.5 Å². The number of nitrogens with zero attached hydrogens (tertiary/aromatic N) is 2. The minimum Gasteiger partial charge on any atom is -0.369 e. The van der Waals surface area contributed by atoms with E-state index in [1.54, 1.807) is 0 Å². The predicted molar refractivity (Wildman–Crippen MR) is 89.7 cm³/mol. The molecule has 0 bridgehead atoms. The zero-order valence-electron chi connectivity index (χ0n) is 13.3. The van der Waals surface area contributed by atoms with Gasteiger partial charge < -0.3 is 10.6 Å². The smallest absolute Gasteiger partial charge is 0.0369 e. The van der Waals surface area contributed by atoms with Crippen LogP contribution in [0.15, 0.2) is 24.3 Å². The second kappa shape index (κ2) is 6.80. The van der Waals surface area contributed by atoms with Crippen molar-refractivity contribution in [1.82, 2.24) is 4.90 Å². The monoisotopic (exact) mass is 287 g/mol. The Morgan fingerprint density at radius 3 is 2.57 bits per heavy atom. The standard InChI is InChI=1S/C18H29N3/c1-15-4-2-7-18(12-15)21-10-8-20(9-11-21)14-17-6-3-5-16(17)13-19/h2,4,7,12,16-17H,3,5-6,8-11,13-14,19H2,1H3. The van der Waals surface area contributed by atoms with Gasteiger partial charge in [-0.25, -0.2) is 0 Å². The quantitative estimate of drug-likeness (QED) is 0.923. The van der Waals surface area contributed by atoms with Gasteiger partial charge in [-0.1, -0.05) is 18.6 Å². The molecule has 0 amide bonds. The summed E-state index contributed by atoms with van der Waals surface area (Å²) in [6, 6.07) is 8.88. The zero-order chi connectivity index (χ0) is 14.7. The zero-order valence-corrected chi connectivity index (χ0v) is 13.3. The summed E-state index contributed by atoms with van der Waals surface area (Å²) in [6.07, 6.45) is 4.13. The molecular formula is C18H29N3. The lowest BCUT2D eigenvalue weighted by Gasteiger charge is -2.38. The summed E-state index contributed by atoms with van der Waals surface area (Å²) < 4.78 is 0. The highest BCUT2D eigenvalue weighted by Crippen LogP contribution is 2.31. The van der Waals surface area contributed by atoms with Crippen LogP contribution in [-0.2, 0) is 0 Å². The molecule has 1 aliphatic carbocycles. The third-order valence-electron chi connectivity index (χ3n) is 5.35. The van der Waals surface area contributed by atoms with Crippen LogP contribution in [0.5, 0.6) is 0 Å². The molecule has 0 radical (unpaired) electrons. The fourth-order valence-electron chi connectivity index (χ4n) is 4.01. The van der Waals surface area contributed by atoms with E-state index in [1.165, 1.54) is 50.1 Å². The van der Waals surface area contributed by atoms with Crippen LogP contribution in [0.2, 0.25) is 0 Å². The van der Waals surface area contributed by atoms with Gasteiger partial charge >= 0.3 is 0 Å². The number of hydrogen-bond acceptors (Lipinski definition) is 3. The molecule has 3 rings (SSSR count). The maximum Gasteiger partial charge on any atom is 0.0369 e. The molecule has 2 aliphatic rings. The second-order valence-corrected chi connectivity index (χ2v) is 6.81. The van der Waals surface area contributed by atoms with Gasteiger partial charge in [0, 0.05) is 38.4 Å². The van der Waals surface area contributed by atoms with Gasteiger partial charge in [0.25, 0.3) is 0 Å². The Hall–Kier alpha value is -1.06. The van der Waals surface area contributed by atoms with Crippen LogP contribution in [0, 0.1) is 18.8 Å². The highest BCUT2D eigenvalue weighted by molar-refractivity contribution is 5.48. The van der Waals surface area contributed by atoms with Gasteiger partial charge in [0.15, 0.2) is 0 Å². The average Bonchev–Trinajstić information content (AvgIpc) is 2.95. The Labute approximate surface area is 129 Å². The van der Waals surface area contributed by atoms with Crippen molar-refractivity contribution >= 4 is 5.69 Å². The number of piperazine rings is 1. The van der Waals surface area contributed by atoms with Gasteiger partial charge in [-0.3, -0.25) is 4.90 Å². The van der Waals surface area contributed by atoms with E-state index in [9.17, 15) is 0 Å². The first-order chi connectivity index (χ1) is 10.3. The summed E-state index contributed by atoms with van der Waals surface area (Å²) >= 11 is 0. The van der Waals surface area contributed by atoms with Crippen molar-refractivity contribution in [3.8, 4) is 0 Å². The minimum absolute atomic E-state index is 0.778. The van der Waals surface area contributed by atoms with Crippen LogP contribution in [0.1, 0.15) is 24.8 Å². The topological polar surface area (TPSA) is 32.5 Å². The fourth-order valence-corrected chi connectivity index (χ4v) is 4.01. The van der Waals surface area contributed by atoms with Crippen LogP contribution in [0.4, 0.5) is 5.69 Å². The molecule has 1 aromatic carbocycles. The van der Waals surface area contributed by atoms with Gasteiger partial charge in [0.2, 0.25) is 0 Å². The van der Waals surface area contributed by atoms with E-state index in [0.29, 0.717) is 0 Å². The van der Waals surface area contributed by atoms with Gasteiger partial charge in [-0.15, -0.1) is 0 Å². The summed E-state index contributed by atoms with van der Waals surface area (Å²) in [5.41, 5.74) is 8.65. The molecular weight excluding hydrogens is 258 g/mol. The molecule has 2 unspecified atom stereocenters. The third-order valence-corrected chi connectivity index (χ3v) is 5.35. The summed E-state index contributed by atoms with van der Waals surface area (Å²) in [6.45, 7) is 9.03. The molecule has 0 spiro atoms. The average molecular weight is 287 g/mol. The Morgan fingerprint density at radius 1 is 1.10 bits per heavy atom. The molecule has 2 fully saturated rings. The Bertz CT molecular complexity index is 452. The summed E-state index contributed by atoms with van der Waals surface area (Å²) in [5.74, 6) is 1.63. The molecule has 3 heteroatoms. The number of rotatable bonds is 4. The van der Waals surface area contributed by atoms with Gasteiger partial charge in [-0.05, 0) is 55.8 Å². The minimum atomic E-state index is 0.778. The normalized spacial score (nSPS) is 27.2. The first kappa shape index (κ1) is 14.9. The third kappa shape index (κ3) is 3.58. The van der Waals surface area contributed by atoms with Crippen molar-refractivity contribution in [2.24, 2.45) is 17.6 Å². The number of aryl methyl sites for hydroxylation is 1. The molecule has 2 N–H and O–H groups in total. The lowest BCUT2D eigenvalue weighted by molar-refractivity contribution is 0.197. The van der Waals surface area contributed by atoms with Gasteiger partial charge in [0.1, 0.15) is 0 Å². The number of benzene rings is 1. The van der Waals surface area contributed by atoms with Crippen LogP contribution in [-0.4, -0.2) is 44.2 Å². The molecule has 1 saturated carbocycles. The molecule has 1 aliphatic heterocycles. The highest BCUT2D eigenvalue weighted by Gasteiger charge is 2.28. The predicted octanol–water partition coefficient (Wildman–Crippen LogP) is 2.49. The molecule has 1 heterocycles. The molecule has 3 nitrogen and oxygen atoms in total. The number of hydrogen-bond donors (Lipinski definition) is 1. The molecule has 21 heavy (non-hydrogen) atoms. The first-order valence-electron chi connectivity index (χ1n) is 8.50. The van der Waals surface area contributed by atoms with E-state index in [4.69, 9.17) is 5.73 Å². The second-order valence-electron chi connectivity index (χ2n) is 6.81. The molecule has 116 valence electrons. The van der Waals surface area contributed by atoms with E-state index < -0.39 is 0 Å². The van der Waals surface area contributed by atoms with Crippen molar-refractivity contribution in [1.29, 1.82) is 0 Å². The lowest BCUT2D eigenvalue weighted by atomic mass is 9.95. The number of nitrogens with two attached hydrogens (primary N) is 1. The molecule has 1 saturated heterocycles. The van der Waals surface area contributed by atoms with E-state index >= 15 is 0 Å². The summed E-state index contributed by atoms with van der Waals surface area (Å²) in [5, 5.41) is 0. The summed E-state index contributed by atoms with van der Waals surface area (Å²) in [4.78, 5) is 5.18. The van der Waals surface area contributed by atoms with Crippen LogP contribution in [0.25, 0.3) is 0 Å². The summed E-state index contributed by atoms with van der Waals surface area (Å²) in [7, 11) is 0. The molecule has 2 atom stereocenters. The fraction of sp³-hybridized carbons (Fsp3) is 0.667. The van der Waals surface area contributed by atoms with Crippen molar-refractivity contribution < 1.29 is 0 Å².